The predicted molar refractivity (Wildman–Crippen MR) is 110 cm³/mol. The Morgan fingerprint density at radius 1 is 0.857 bits per heavy atom. The zero-order chi connectivity index (χ0) is 19.8. The molecule has 28 heavy (non-hydrogen) atoms. The SMILES string of the molecule is COc1ccc(CCNC(=O)c2ccc(Nc3ccc(OC)cc3)cn2)cc1. The van der Waals surface area contributed by atoms with Gasteiger partial charge in [-0.1, -0.05) is 12.1 Å². The average molecular weight is 377 g/mol. The van der Waals surface area contributed by atoms with Crippen molar-refractivity contribution >= 4 is 17.3 Å². The lowest BCUT2D eigenvalue weighted by molar-refractivity contribution is 0.0949. The Morgan fingerprint density at radius 3 is 2.04 bits per heavy atom. The fourth-order valence-corrected chi connectivity index (χ4v) is 2.65. The summed E-state index contributed by atoms with van der Waals surface area (Å²) in [5.41, 5.74) is 3.24. The van der Waals surface area contributed by atoms with Crippen LogP contribution in [0.25, 0.3) is 0 Å². The first kappa shape index (κ1) is 19.2. The number of carbonyl (C=O) groups excluding carboxylic acids is 1. The fraction of sp³-hybridized carbons (Fsp3) is 0.182. The Hall–Kier alpha value is -3.54. The van der Waals surface area contributed by atoms with E-state index in [-0.39, 0.29) is 5.91 Å². The molecule has 3 aromatic rings. The molecular formula is C22H23N3O3. The molecule has 144 valence electrons. The minimum atomic E-state index is -0.190. The molecule has 3 rings (SSSR count). The van der Waals surface area contributed by atoms with E-state index in [2.05, 4.69) is 15.6 Å². The molecule has 1 amide bonds. The van der Waals surface area contributed by atoms with Gasteiger partial charge in [-0.15, -0.1) is 0 Å². The van der Waals surface area contributed by atoms with Crippen molar-refractivity contribution in [2.45, 2.75) is 6.42 Å². The number of nitrogens with zero attached hydrogens (tertiary/aromatic N) is 1. The van der Waals surface area contributed by atoms with Crippen molar-refractivity contribution in [2.24, 2.45) is 0 Å². The van der Waals surface area contributed by atoms with Crippen LogP contribution in [0.5, 0.6) is 11.5 Å². The summed E-state index contributed by atoms with van der Waals surface area (Å²) in [4.78, 5) is 16.5. The summed E-state index contributed by atoms with van der Waals surface area (Å²) in [6.07, 6.45) is 2.38. The number of methoxy groups -OCH3 is 2. The van der Waals surface area contributed by atoms with Crippen molar-refractivity contribution in [3.05, 3.63) is 78.1 Å². The summed E-state index contributed by atoms with van der Waals surface area (Å²) in [5, 5.41) is 6.13. The van der Waals surface area contributed by atoms with Gasteiger partial charge in [-0.3, -0.25) is 4.79 Å². The molecule has 1 heterocycles. The number of benzene rings is 2. The third-order valence-electron chi connectivity index (χ3n) is 4.23. The maximum atomic E-state index is 12.2. The van der Waals surface area contributed by atoms with Crippen molar-refractivity contribution in [3.63, 3.8) is 0 Å². The molecule has 6 nitrogen and oxygen atoms in total. The highest BCUT2D eigenvalue weighted by Gasteiger charge is 2.07. The molecule has 0 saturated carbocycles. The monoisotopic (exact) mass is 377 g/mol. The van der Waals surface area contributed by atoms with Crippen LogP contribution in [0.1, 0.15) is 16.1 Å². The van der Waals surface area contributed by atoms with Crippen LogP contribution in [-0.2, 0) is 6.42 Å². The van der Waals surface area contributed by atoms with E-state index in [0.29, 0.717) is 12.2 Å². The van der Waals surface area contributed by atoms with Gasteiger partial charge in [0.2, 0.25) is 0 Å². The van der Waals surface area contributed by atoms with Gasteiger partial charge in [0, 0.05) is 12.2 Å². The minimum Gasteiger partial charge on any atom is -0.497 e. The molecule has 0 saturated heterocycles. The second-order valence-corrected chi connectivity index (χ2v) is 6.14. The van der Waals surface area contributed by atoms with E-state index in [1.807, 2.05) is 54.6 Å². The Labute approximate surface area is 164 Å². The number of ether oxygens (including phenoxy) is 2. The first-order valence-electron chi connectivity index (χ1n) is 8.96. The normalized spacial score (nSPS) is 10.2. The Morgan fingerprint density at radius 2 is 1.46 bits per heavy atom. The number of anilines is 2. The Bertz CT molecular complexity index is 892. The van der Waals surface area contributed by atoms with E-state index in [1.54, 1.807) is 26.5 Å². The zero-order valence-corrected chi connectivity index (χ0v) is 15.9. The van der Waals surface area contributed by atoms with Gasteiger partial charge in [0.05, 0.1) is 26.1 Å². The molecule has 0 aliphatic rings. The summed E-state index contributed by atoms with van der Waals surface area (Å²) >= 11 is 0. The fourth-order valence-electron chi connectivity index (χ4n) is 2.65. The van der Waals surface area contributed by atoms with Gasteiger partial charge in [0.25, 0.3) is 5.91 Å². The van der Waals surface area contributed by atoms with E-state index >= 15 is 0 Å². The Kier molecular flexibility index (Phi) is 6.46. The van der Waals surface area contributed by atoms with Crippen molar-refractivity contribution < 1.29 is 14.3 Å². The summed E-state index contributed by atoms with van der Waals surface area (Å²) < 4.78 is 10.3. The van der Waals surface area contributed by atoms with Crippen LogP contribution in [0.15, 0.2) is 66.9 Å². The third kappa shape index (κ3) is 5.23. The van der Waals surface area contributed by atoms with Crippen molar-refractivity contribution in [1.29, 1.82) is 0 Å². The van der Waals surface area contributed by atoms with E-state index < -0.39 is 0 Å². The second-order valence-electron chi connectivity index (χ2n) is 6.14. The number of aromatic nitrogens is 1. The van der Waals surface area contributed by atoms with E-state index in [4.69, 9.17) is 9.47 Å². The van der Waals surface area contributed by atoms with Crippen LogP contribution in [0.2, 0.25) is 0 Å². The molecule has 2 aromatic carbocycles. The third-order valence-corrected chi connectivity index (χ3v) is 4.23. The minimum absolute atomic E-state index is 0.190. The first-order chi connectivity index (χ1) is 13.7. The molecule has 0 aliphatic heterocycles. The predicted octanol–water partition coefficient (Wildman–Crippen LogP) is 3.81. The zero-order valence-electron chi connectivity index (χ0n) is 15.9. The Balaban J connectivity index is 1.49. The van der Waals surface area contributed by atoms with E-state index in [1.165, 1.54) is 0 Å². The largest absolute Gasteiger partial charge is 0.497 e. The van der Waals surface area contributed by atoms with Crippen LogP contribution in [0.4, 0.5) is 11.4 Å². The van der Waals surface area contributed by atoms with Crippen LogP contribution in [0.3, 0.4) is 0 Å². The van der Waals surface area contributed by atoms with Gasteiger partial charge in [-0.2, -0.15) is 0 Å². The van der Waals surface area contributed by atoms with Gasteiger partial charge < -0.3 is 20.1 Å². The van der Waals surface area contributed by atoms with Crippen LogP contribution < -0.4 is 20.1 Å². The summed E-state index contributed by atoms with van der Waals surface area (Å²) in [6, 6.07) is 18.9. The number of hydrogen-bond donors (Lipinski definition) is 2. The summed E-state index contributed by atoms with van der Waals surface area (Å²) in [7, 11) is 3.27. The van der Waals surface area contributed by atoms with Crippen molar-refractivity contribution in [3.8, 4) is 11.5 Å². The van der Waals surface area contributed by atoms with Gasteiger partial charge in [0.15, 0.2) is 0 Å². The molecule has 0 aliphatic carbocycles. The van der Waals surface area contributed by atoms with Crippen LogP contribution >= 0.6 is 0 Å². The molecule has 1 aromatic heterocycles. The highest BCUT2D eigenvalue weighted by molar-refractivity contribution is 5.92. The van der Waals surface area contributed by atoms with Crippen molar-refractivity contribution in [1.82, 2.24) is 10.3 Å². The molecule has 0 unspecified atom stereocenters. The number of hydrogen-bond acceptors (Lipinski definition) is 5. The second kappa shape index (κ2) is 9.41. The van der Waals surface area contributed by atoms with E-state index in [0.717, 1.165) is 34.9 Å². The first-order valence-corrected chi connectivity index (χ1v) is 8.96. The highest BCUT2D eigenvalue weighted by Crippen LogP contribution is 2.19. The number of amides is 1. The smallest absolute Gasteiger partial charge is 0.269 e. The lowest BCUT2D eigenvalue weighted by Crippen LogP contribution is -2.26. The van der Waals surface area contributed by atoms with Crippen molar-refractivity contribution in [2.75, 3.05) is 26.1 Å². The lowest BCUT2D eigenvalue weighted by atomic mass is 10.1. The standard InChI is InChI=1S/C22H23N3O3/c1-27-19-8-3-16(4-9-19)13-14-23-22(26)21-12-7-18(15-24-21)25-17-5-10-20(28-2)11-6-17/h3-12,15,25H,13-14H2,1-2H3,(H,23,26). The number of carbonyl (C=O) groups is 1. The van der Waals surface area contributed by atoms with Gasteiger partial charge in [-0.05, 0) is 60.5 Å². The van der Waals surface area contributed by atoms with Gasteiger partial charge in [0.1, 0.15) is 17.2 Å². The average Bonchev–Trinajstić information content (AvgIpc) is 2.75. The molecule has 0 radical (unpaired) electrons. The number of nitrogens with one attached hydrogen (secondary N) is 2. The summed E-state index contributed by atoms with van der Waals surface area (Å²) in [5.74, 6) is 1.43. The van der Waals surface area contributed by atoms with E-state index in [9.17, 15) is 4.79 Å². The molecule has 6 heteroatoms. The number of pyridine rings is 1. The van der Waals surface area contributed by atoms with Crippen LogP contribution in [-0.4, -0.2) is 31.7 Å². The molecule has 0 spiro atoms. The maximum absolute atomic E-state index is 12.2. The van der Waals surface area contributed by atoms with Crippen LogP contribution in [0, 0.1) is 0 Å². The molecular weight excluding hydrogens is 354 g/mol. The summed E-state index contributed by atoms with van der Waals surface area (Å²) in [6.45, 7) is 0.540. The quantitative estimate of drug-likeness (QED) is 0.624. The lowest BCUT2D eigenvalue weighted by Gasteiger charge is -2.08. The number of rotatable bonds is 8. The topological polar surface area (TPSA) is 72.5 Å². The van der Waals surface area contributed by atoms with Gasteiger partial charge in [-0.25, -0.2) is 4.98 Å². The highest BCUT2D eigenvalue weighted by atomic mass is 16.5. The molecule has 2 N–H and O–H groups in total. The molecule has 0 atom stereocenters. The molecule has 0 bridgehead atoms. The maximum Gasteiger partial charge on any atom is 0.269 e. The molecule has 0 fully saturated rings. The van der Waals surface area contributed by atoms with Gasteiger partial charge >= 0.3 is 0 Å².